The predicted molar refractivity (Wildman–Crippen MR) is 425 cm³/mol. The van der Waals surface area contributed by atoms with Gasteiger partial charge in [-0.25, -0.2) is 32.6 Å². The van der Waals surface area contributed by atoms with Crippen molar-refractivity contribution in [3.63, 3.8) is 0 Å². The van der Waals surface area contributed by atoms with Crippen LogP contribution in [-0.2, 0) is 107 Å². The van der Waals surface area contributed by atoms with Gasteiger partial charge in [0.1, 0.15) is 78.2 Å². The molecule has 0 aliphatic carbocycles. The number of aliphatic hydroxyl groups excluding tert-OH is 3. The molecular formula is C75H113N21O25. The van der Waals surface area contributed by atoms with Gasteiger partial charge in [-0.2, -0.15) is 5.48 Å². The Morgan fingerprint density at radius 3 is 1.42 bits per heavy atom. The lowest BCUT2D eigenvalue weighted by molar-refractivity contribution is -0.144. The van der Waals surface area contributed by atoms with Crippen LogP contribution in [0.3, 0.4) is 0 Å². The van der Waals surface area contributed by atoms with Crippen molar-refractivity contribution < 1.29 is 122 Å². The number of rotatable bonds is 48. The summed E-state index contributed by atoms with van der Waals surface area (Å²) in [5, 5.41) is 99.6. The number of carbonyl (C=O) groups excluding carboxylic acids is 15. The summed E-state index contributed by atoms with van der Waals surface area (Å²) in [6.45, 7) is -0.177. The summed E-state index contributed by atoms with van der Waals surface area (Å²) in [4.78, 5) is 240. The van der Waals surface area contributed by atoms with Gasteiger partial charge in [-0.15, -0.1) is 0 Å². The number of nitrogens with one attached hydrogen (secondary N) is 15. The molecule has 0 fully saturated rings. The molecule has 1 aliphatic heterocycles. The SMILES string of the molecule is CC(C)C[C@H](NN[C@@H](Cc1ccc(O)cc1)C(=O)NC1Cc2ccccc2CC(C(=O)C(=O)[C@H](CCCCN)NC(=O)[C@H](CCCCN)NC(=O)[C@H](Cc2ccc(O)cc2)NN[C@@H](CCCNC(N)N)C(=O)C(=O)[C@H](CO)NO)NC(=O)[C@H](CC(N)=O)NN[C@@H](CO)C(=O)C(=O)[C@H](CO)NC(=O)[C@H](CC(=O)O)NC(=O)[C@H](CC(=O)O)NC1=O)C(N)=O. The van der Waals surface area contributed by atoms with E-state index in [0.29, 0.717) is 11.1 Å². The van der Waals surface area contributed by atoms with Crippen LogP contribution in [0.15, 0.2) is 72.8 Å². The third-order valence-electron chi connectivity index (χ3n) is 18.9. The van der Waals surface area contributed by atoms with Crippen molar-refractivity contribution in [1.82, 2.24) is 80.6 Å². The van der Waals surface area contributed by atoms with Crippen LogP contribution in [0.2, 0.25) is 0 Å². The van der Waals surface area contributed by atoms with Crippen LogP contribution in [0, 0.1) is 5.92 Å². The number of fused-ring (bicyclic) bond motifs is 1. The normalized spacial score (nSPS) is 19.7. The van der Waals surface area contributed by atoms with Crippen molar-refractivity contribution in [2.75, 3.05) is 39.5 Å². The maximum atomic E-state index is 15.6. The van der Waals surface area contributed by atoms with Crippen molar-refractivity contribution in [1.29, 1.82) is 0 Å². The fraction of sp³-hybridized carbons (Fsp3) is 0.533. The van der Waals surface area contributed by atoms with E-state index < -0.39 is 249 Å². The lowest BCUT2D eigenvalue weighted by Gasteiger charge is -2.28. The number of ketones is 6. The minimum Gasteiger partial charge on any atom is -0.508 e. The summed E-state index contributed by atoms with van der Waals surface area (Å²) in [7, 11) is 0. The number of amides is 9. The number of hydrogen-bond acceptors (Lipinski definition) is 35. The molecule has 0 saturated carbocycles. The van der Waals surface area contributed by atoms with E-state index in [4.69, 9.17) is 34.4 Å². The predicted octanol–water partition coefficient (Wildman–Crippen LogP) is -10.5. The van der Waals surface area contributed by atoms with E-state index >= 15 is 24.0 Å². The number of hydrazine groups is 3. The van der Waals surface area contributed by atoms with Crippen LogP contribution in [0.4, 0.5) is 0 Å². The van der Waals surface area contributed by atoms with E-state index in [1.54, 1.807) is 19.3 Å². The molecule has 35 N–H and O–H groups in total. The van der Waals surface area contributed by atoms with Crippen LogP contribution in [-0.4, -0.2) is 271 Å². The average Bonchev–Trinajstić information content (AvgIpc) is 1.20. The number of phenols is 2. The Kier molecular flexibility index (Phi) is 44.6. The molecule has 668 valence electrons. The molecule has 0 spiro atoms. The summed E-state index contributed by atoms with van der Waals surface area (Å²) < 4.78 is 0. The molecule has 1 aliphatic rings. The highest BCUT2D eigenvalue weighted by Crippen LogP contribution is 2.20. The van der Waals surface area contributed by atoms with Crippen molar-refractivity contribution >= 4 is 99.8 Å². The number of carbonyl (C=O) groups is 17. The minimum atomic E-state index is -2.34. The fourth-order valence-electron chi connectivity index (χ4n) is 12.3. The van der Waals surface area contributed by atoms with Crippen LogP contribution < -0.4 is 115 Å². The second-order valence-corrected chi connectivity index (χ2v) is 29.0. The Morgan fingerprint density at radius 1 is 0.488 bits per heavy atom. The van der Waals surface area contributed by atoms with Crippen molar-refractivity contribution in [2.45, 2.75) is 207 Å². The van der Waals surface area contributed by atoms with E-state index in [0.717, 1.165) is 0 Å². The van der Waals surface area contributed by atoms with E-state index in [-0.39, 0.29) is 112 Å². The summed E-state index contributed by atoms with van der Waals surface area (Å²) in [6, 6.07) is -10.4. The third-order valence-corrected chi connectivity index (χ3v) is 18.9. The number of nitrogens with two attached hydrogens (primary N) is 6. The maximum Gasteiger partial charge on any atom is 0.305 e. The number of primary amides is 2. The van der Waals surface area contributed by atoms with E-state index in [2.05, 4.69) is 64.5 Å². The van der Waals surface area contributed by atoms with Gasteiger partial charge in [-0.1, -0.05) is 62.4 Å². The molecule has 3 aromatic rings. The molecule has 9 amide bonds. The molecule has 46 heteroatoms. The maximum absolute atomic E-state index is 15.6. The molecule has 2 unspecified atom stereocenters. The number of hydrogen-bond donors (Lipinski definition) is 29. The number of benzene rings is 3. The number of aliphatic carboxylic acids is 2. The van der Waals surface area contributed by atoms with Crippen molar-refractivity contribution in [3.8, 4) is 11.5 Å². The number of hydroxylamine groups is 1. The standard InChI is InChI=1S/C75H113N21O25/c1-37(2)26-48(67(79)113)91-93-53(28-39-17-21-43(101)22-18-39)73(119)86-49-30-41-11-4-3-10-40(41)29-47(85-74(120)54(31-58(78)102)94-95-56(35-98)65(111)64(110)55(34-97)89-71(117)51(33-60(105)106)88-70(116)50(32-59(103)104)87-69(49)115)63(109)61(107)44(12-5-7-23-76)83-68(114)46(13-6-8-24-77)84-72(118)52(27-38-15-19-42(100)20-16-38)92-90-45(14-9-25-82-75(80)81)62(108)66(112)57(36-99)96-121/h3-4,10-11,15-22,37,44-57,75,82,90-101,121H,5-9,12-14,23-36,76-77,80-81H2,1-2H3,(H2,78,102)(H2,79,113)(H,83,114)(H,84,118)(H,85,120)(H,86,119)(H,87,115)(H,88,116)(H,89,117)(H,103,104)(H,105,106)/t44-,45-,46-,47?,48-,49?,50-,51-,52-,53-,54-,55-,56-,57-/m0/s1. The Bertz CT molecular complexity index is 4030. The highest BCUT2D eigenvalue weighted by atomic mass is 16.5. The Hall–Kier alpha value is -11.2. The Morgan fingerprint density at radius 2 is 0.934 bits per heavy atom. The van der Waals surface area contributed by atoms with Crippen LogP contribution in [0.25, 0.3) is 0 Å². The van der Waals surface area contributed by atoms with Crippen LogP contribution in [0.5, 0.6) is 11.5 Å². The Labute approximate surface area is 694 Å². The summed E-state index contributed by atoms with van der Waals surface area (Å²) in [6.07, 6.45) is -7.21. The number of aliphatic hydroxyl groups is 3. The zero-order chi connectivity index (χ0) is 90.2. The zero-order valence-corrected chi connectivity index (χ0v) is 66.7. The van der Waals surface area contributed by atoms with Crippen LogP contribution in [0.1, 0.15) is 113 Å². The number of Topliss-reactive ketones (excluding diaryl/α,β-unsaturated/α-hetero) is 6. The van der Waals surface area contributed by atoms with E-state index in [1.165, 1.54) is 72.8 Å². The molecule has 0 saturated heterocycles. The summed E-state index contributed by atoms with van der Waals surface area (Å²) in [5.74, 6) is -24.6. The first-order chi connectivity index (χ1) is 57.4. The second kappa shape index (κ2) is 52.8. The molecule has 0 bridgehead atoms. The quantitative estimate of drug-likeness (QED) is 0.0108. The molecule has 4 rings (SSSR count). The first-order valence-electron chi connectivity index (χ1n) is 38.8. The minimum absolute atomic E-state index is 0.0162. The third kappa shape index (κ3) is 35.2. The highest BCUT2D eigenvalue weighted by Gasteiger charge is 2.42. The number of carboxylic acid groups (broad SMARTS) is 2. The summed E-state index contributed by atoms with van der Waals surface area (Å²) >= 11 is 0. The molecular weight excluding hydrogens is 1590 g/mol. The summed E-state index contributed by atoms with van der Waals surface area (Å²) in [5.41, 5.74) is 51.9. The van der Waals surface area contributed by atoms with Gasteiger partial charge in [0.25, 0.3) is 0 Å². The van der Waals surface area contributed by atoms with E-state index in [9.17, 15) is 98.5 Å². The van der Waals surface area contributed by atoms with Gasteiger partial charge in [0.15, 0.2) is 0 Å². The monoisotopic (exact) mass is 1710 g/mol. The number of aromatic hydroxyl groups is 2. The zero-order valence-electron chi connectivity index (χ0n) is 66.7. The van der Waals surface area contributed by atoms with Gasteiger partial charge in [-0.3, -0.25) is 86.8 Å². The number of unbranched alkanes of at least 4 members (excludes halogenated alkanes) is 2. The average molecular weight is 1710 g/mol. The highest BCUT2D eigenvalue weighted by molar-refractivity contribution is 6.42. The number of phenolic OH excluding ortho intramolecular Hbond substituents is 2. The van der Waals surface area contributed by atoms with Gasteiger partial charge in [0.2, 0.25) is 87.9 Å². The van der Waals surface area contributed by atoms with Gasteiger partial charge >= 0.3 is 11.9 Å². The lowest BCUT2D eigenvalue weighted by atomic mass is 9.90. The van der Waals surface area contributed by atoms with Crippen LogP contribution >= 0.6 is 0 Å². The van der Waals surface area contributed by atoms with Gasteiger partial charge in [0, 0.05) is 12.8 Å². The Balaban J connectivity index is 2.02. The molecule has 1 heterocycles. The van der Waals surface area contributed by atoms with Crippen molar-refractivity contribution in [2.24, 2.45) is 40.3 Å². The first-order valence-corrected chi connectivity index (χ1v) is 38.8. The molecule has 0 radical (unpaired) electrons. The van der Waals surface area contributed by atoms with Gasteiger partial charge in [0.05, 0.1) is 63.3 Å². The molecule has 46 nitrogen and oxygen atoms in total. The topological polar surface area (TPSA) is 789 Å². The second-order valence-electron chi connectivity index (χ2n) is 29.0. The lowest BCUT2D eigenvalue weighted by Crippen LogP contribution is -2.62. The van der Waals surface area contributed by atoms with Gasteiger partial charge in [-0.05, 0) is 143 Å². The molecule has 3 aromatic carbocycles. The largest absolute Gasteiger partial charge is 0.508 e. The fourth-order valence-corrected chi connectivity index (χ4v) is 12.3. The number of carboxylic acids is 2. The smallest absolute Gasteiger partial charge is 0.305 e. The van der Waals surface area contributed by atoms with Crippen molar-refractivity contribution in [3.05, 3.63) is 95.1 Å². The first kappa shape index (κ1) is 102. The van der Waals surface area contributed by atoms with Gasteiger partial charge < -0.3 is 113 Å². The van der Waals surface area contributed by atoms with E-state index in [1.807, 2.05) is 10.6 Å². The molecule has 0 aromatic heterocycles. The molecule has 121 heavy (non-hydrogen) atoms. The molecule has 14 atom stereocenters.